The molecule has 4 rings (SSSR count). The zero-order valence-electron chi connectivity index (χ0n) is 21.3. The fourth-order valence-electron chi connectivity index (χ4n) is 4.15. The van der Waals surface area contributed by atoms with Gasteiger partial charge in [0.1, 0.15) is 23.8 Å². The molecule has 0 aliphatic carbocycles. The summed E-state index contributed by atoms with van der Waals surface area (Å²) in [5.74, 6) is 0.351. The highest BCUT2D eigenvalue weighted by Gasteiger charge is 2.37. The number of carbonyl (C=O) groups is 3. The number of fused-ring (bicyclic) bond motifs is 1. The number of aliphatic hydroxyl groups is 1. The summed E-state index contributed by atoms with van der Waals surface area (Å²) in [6.07, 6.45) is -1.23. The van der Waals surface area contributed by atoms with Gasteiger partial charge in [-0.15, -0.1) is 23.1 Å². The van der Waals surface area contributed by atoms with Crippen molar-refractivity contribution < 1.29 is 24.2 Å². The maximum atomic E-state index is 13.1. The van der Waals surface area contributed by atoms with Gasteiger partial charge in [0, 0.05) is 5.75 Å². The van der Waals surface area contributed by atoms with Gasteiger partial charge in [-0.3, -0.25) is 9.59 Å². The molecule has 0 radical (unpaired) electrons. The summed E-state index contributed by atoms with van der Waals surface area (Å²) in [5.41, 5.74) is 1.65. The second-order valence-corrected chi connectivity index (χ2v) is 11.6. The lowest BCUT2D eigenvalue weighted by atomic mass is 10.0. The Bertz CT molecular complexity index is 1220. The predicted molar refractivity (Wildman–Crippen MR) is 149 cm³/mol. The zero-order chi connectivity index (χ0) is 27.1. The first kappa shape index (κ1) is 27.9. The van der Waals surface area contributed by atoms with Crippen molar-refractivity contribution in [2.24, 2.45) is 5.92 Å². The molecule has 3 aromatic rings. The summed E-state index contributed by atoms with van der Waals surface area (Å²) in [4.78, 5) is 44.5. The molecule has 3 atom stereocenters. The van der Waals surface area contributed by atoms with E-state index in [9.17, 15) is 19.5 Å². The maximum absolute atomic E-state index is 13.1. The number of ether oxygens (including phenoxy) is 1. The highest BCUT2D eigenvalue weighted by Crippen LogP contribution is 2.34. The lowest BCUT2D eigenvalue weighted by molar-refractivity contribution is -0.135. The van der Waals surface area contributed by atoms with Crippen LogP contribution in [-0.2, 0) is 20.9 Å². The summed E-state index contributed by atoms with van der Waals surface area (Å²) in [6, 6.07) is 15.6. The molecule has 1 aliphatic rings. The molecule has 2 heterocycles. The molecule has 1 fully saturated rings. The molecule has 3 N–H and O–H groups in total. The number of hydrogen-bond acceptors (Lipinski definition) is 8. The molecule has 1 saturated heterocycles. The molecule has 0 spiro atoms. The number of benzene rings is 2. The molecule has 0 saturated carbocycles. The van der Waals surface area contributed by atoms with Crippen molar-refractivity contribution >= 4 is 51.2 Å². The van der Waals surface area contributed by atoms with Crippen molar-refractivity contribution in [2.45, 2.75) is 45.1 Å². The average molecular weight is 557 g/mol. The van der Waals surface area contributed by atoms with Crippen LogP contribution in [0.1, 0.15) is 36.9 Å². The van der Waals surface area contributed by atoms with Crippen molar-refractivity contribution in [3.63, 3.8) is 0 Å². The molecule has 11 heteroatoms. The second-order valence-electron chi connectivity index (χ2n) is 9.50. The molecule has 9 nitrogen and oxygen atoms in total. The van der Waals surface area contributed by atoms with Gasteiger partial charge in [-0.25, -0.2) is 9.78 Å². The van der Waals surface area contributed by atoms with Crippen molar-refractivity contribution in [1.82, 2.24) is 20.5 Å². The van der Waals surface area contributed by atoms with Crippen LogP contribution in [0, 0.1) is 5.92 Å². The number of carbonyl (C=O) groups excluding carboxylic acids is 3. The molecule has 38 heavy (non-hydrogen) atoms. The number of para-hydroxylation sites is 1. The third kappa shape index (κ3) is 7.24. The SMILES string of the molecule is CC(C)C[C@H](NC(=O)OCc1ccccc1)C(=O)NCC(=O)N1CSC[C@H]1C(O)c1nc2ccccc2s1. The number of nitrogens with zero attached hydrogens (tertiary/aromatic N) is 2. The molecule has 3 amide bonds. The van der Waals surface area contributed by atoms with E-state index >= 15 is 0 Å². The maximum Gasteiger partial charge on any atom is 0.408 e. The topological polar surface area (TPSA) is 121 Å². The fraction of sp³-hybridized carbons (Fsp3) is 0.407. The molecule has 2 aromatic carbocycles. The number of amides is 3. The van der Waals surface area contributed by atoms with Crippen molar-refractivity contribution in [3.05, 3.63) is 65.2 Å². The number of rotatable bonds is 10. The van der Waals surface area contributed by atoms with Gasteiger partial charge in [0.2, 0.25) is 11.8 Å². The third-order valence-electron chi connectivity index (χ3n) is 6.11. The van der Waals surface area contributed by atoms with Crippen LogP contribution in [0.15, 0.2) is 54.6 Å². The standard InChI is InChI=1S/C27H32N4O5S2/c1-17(2)12-20(30-27(35)36-14-18-8-4-3-5-9-18)25(34)28-13-23(32)31-16-37-15-21(31)24(33)26-29-19-10-6-7-11-22(19)38-26/h3-11,17,20-21,24,33H,12-16H2,1-2H3,(H,28,34)(H,30,35)/t20-,21-,24?/m0/s1. The minimum Gasteiger partial charge on any atom is -0.445 e. The monoisotopic (exact) mass is 556 g/mol. The van der Waals surface area contributed by atoms with E-state index in [1.54, 1.807) is 16.7 Å². The summed E-state index contributed by atoms with van der Waals surface area (Å²) in [7, 11) is 0. The number of nitrogens with one attached hydrogen (secondary N) is 2. The number of thioether (sulfide) groups is 1. The Morgan fingerprint density at radius 2 is 1.87 bits per heavy atom. The van der Waals surface area contributed by atoms with Crippen molar-refractivity contribution in [2.75, 3.05) is 18.2 Å². The zero-order valence-corrected chi connectivity index (χ0v) is 23.0. The van der Waals surface area contributed by atoms with E-state index in [0.29, 0.717) is 23.1 Å². The van der Waals surface area contributed by atoms with Crippen LogP contribution in [0.5, 0.6) is 0 Å². The van der Waals surface area contributed by atoms with Gasteiger partial charge in [-0.05, 0) is 30.0 Å². The Morgan fingerprint density at radius 3 is 2.61 bits per heavy atom. The number of aromatic nitrogens is 1. The first-order valence-corrected chi connectivity index (χ1v) is 14.4. The van der Waals surface area contributed by atoms with E-state index in [2.05, 4.69) is 15.6 Å². The van der Waals surface area contributed by atoms with E-state index < -0.39 is 30.2 Å². The quantitative estimate of drug-likeness (QED) is 0.348. The van der Waals surface area contributed by atoms with Crippen LogP contribution in [0.2, 0.25) is 0 Å². The van der Waals surface area contributed by atoms with Crippen LogP contribution in [0.25, 0.3) is 10.2 Å². The number of alkyl carbamates (subject to hydrolysis) is 1. The first-order valence-electron chi connectivity index (χ1n) is 12.5. The van der Waals surface area contributed by atoms with E-state index in [4.69, 9.17) is 4.74 Å². The molecule has 202 valence electrons. The minimum absolute atomic E-state index is 0.0895. The lowest BCUT2D eigenvalue weighted by Crippen LogP contribution is -2.51. The highest BCUT2D eigenvalue weighted by atomic mass is 32.2. The van der Waals surface area contributed by atoms with Crippen LogP contribution in [-0.4, -0.2) is 63.2 Å². The normalized spacial score (nSPS) is 16.8. The van der Waals surface area contributed by atoms with Gasteiger partial charge >= 0.3 is 6.09 Å². The first-order chi connectivity index (χ1) is 18.3. The fourth-order valence-corrected chi connectivity index (χ4v) is 6.41. The molecule has 1 aliphatic heterocycles. The van der Waals surface area contributed by atoms with E-state index in [0.717, 1.165) is 15.8 Å². The summed E-state index contributed by atoms with van der Waals surface area (Å²) < 4.78 is 6.24. The largest absolute Gasteiger partial charge is 0.445 e. The number of aliphatic hydroxyl groups excluding tert-OH is 1. The Hall–Kier alpha value is -3.15. The van der Waals surface area contributed by atoms with Crippen LogP contribution >= 0.6 is 23.1 Å². The highest BCUT2D eigenvalue weighted by molar-refractivity contribution is 7.99. The average Bonchev–Trinajstić information content (AvgIpc) is 3.57. The van der Waals surface area contributed by atoms with Gasteiger partial charge in [-0.1, -0.05) is 56.3 Å². The molecule has 1 unspecified atom stereocenters. The van der Waals surface area contributed by atoms with Gasteiger partial charge in [0.15, 0.2) is 0 Å². The second kappa shape index (κ2) is 13.1. The molecule has 0 bridgehead atoms. The Kier molecular flexibility index (Phi) is 9.59. The van der Waals surface area contributed by atoms with E-state index in [1.165, 1.54) is 11.3 Å². The van der Waals surface area contributed by atoms with Gasteiger partial charge in [0.25, 0.3) is 0 Å². The molecule has 1 aromatic heterocycles. The Balaban J connectivity index is 1.32. The van der Waals surface area contributed by atoms with Gasteiger partial charge in [-0.2, -0.15) is 0 Å². The summed E-state index contributed by atoms with van der Waals surface area (Å²) in [6.45, 7) is 3.74. The minimum atomic E-state index is -0.920. The van der Waals surface area contributed by atoms with Crippen LogP contribution in [0.3, 0.4) is 0 Å². The van der Waals surface area contributed by atoms with Crippen molar-refractivity contribution in [1.29, 1.82) is 0 Å². The van der Waals surface area contributed by atoms with E-state index in [-0.39, 0.29) is 25.0 Å². The van der Waals surface area contributed by atoms with Crippen LogP contribution < -0.4 is 10.6 Å². The third-order valence-corrected chi connectivity index (χ3v) is 8.25. The van der Waals surface area contributed by atoms with Gasteiger partial charge < -0.3 is 25.4 Å². The van der Waals surface area contributed by atoms with Gasteiger partial charge in [0.05, 0.1) is 28.7 Å². The summed E-state index contributed by atoms with van der Waals surface area (Å²) in [5, 5.41) is 16.9. The Labute approximate surface area is 230 Å². The van der Waals surface area contributed by atoms with E-state index in [1.807, 2.05) is 68.4 Å². The molecular weight excluding hydrogens is 524 g/mol. The number of hydrogen-bond donors (Lipinski definition) is 3. The Morgan fingerprint density at radius 1 is 1.13 bits per heavy atom. The van der Waals surface area contributed by atoms with Crippen molar-refractivity contribution in [3.8, 4) is 0 Å². The predicted octanol–water partition coefficient (Wildman–Crippen LogP) is 3.69. The lowest BCUT2D eigenvalue weighted by Gasteiger charge is -2.27. The summed E-state index contributed by atoms with van der Waals surface area (Å²) >= 11 is 2.96. The van der Waals surface area contributed by atoms with Crippen LogP contribution in [0.4, 0.5) is 4.79 Å². The smallest absolute Gasteiger partial charge is 0.408 e. The molecular formula is C27H32N4O5S2. The number of thiazole rings is 1.